The number of nitrogens with zero attached hydrogens (tertiary/aromatic N) is 4. The fourth-order valence-corrected chi connectivity index (χ4v) is 5.03. The van der Waals surface area contributed by atoms with Crippen LogP contribution in [0.2, 0.25) is 0 Å². The number of rotatable bonds is 3. The lowest BCUT2D eigenvalue weighted by atomic mass is 9.87. The molecule has 1 amide bonds. The van der Waals surface area contributed by atoms with Crippen LogP contribution in [0.15, 0.2) is 54.6 Å². The highest BCUT2D eigenvalue weighted by Gasteiger charge is 2.33. The maximum atomic E-state index is 13.0. The van der Waals surface area contributed by atoms with Gasteiger partial charge in [-0.1, -0.05) is 54.6 Å². The summed E-state index contributed by atoms with van der Waals surface area (Å²) in [6.45, 7) is 4.21. The summed E-state index contributed by atoms with van der Waals surface area (Å²) in [6, 6.07) is 18.6. The van der Waals surface area contributed by atoms with Crippen molar-refractivity contribution in [3.8, 4) is 11.3 Å². The molecule has 1 unspecified atom stereocenters. The van der Waals surface area contributed by atoms with Crippen LogP contribution in [0.3, 0.4) is 0 Å². The molecule has 1 atom stereocenters. The van der Waals surface area contributed by atoms with Crippen LogP contribution >= 0.6 is 0 Å². The highest BCUT2D eigenvalue weighted by atomic mass is 16.2. The van der Waals surface area contributed by atoms with Gasteiger partial charge in [-0.3, -0.25) is 9.59 Å². The molecule has 5 rings (SSSR count). The van der Waals surface area contributed by atoms with Crippen molar-refractivity contribution in [3.05, 3.63) is 54.6 Å². The monoisotopic (exact) mass is 428 g/mol. The van der Waals surface area contributed by atoms with E-state index in [-0.39, 0.29) is 23.7 Å². The lowest BCUT2D eigenvalue weighted by Crippen LogP contribution is -2.55. The average molecular weight is 429 g/mol. The fourth-order valence-electron chi connectivity index (χ4n) is 5.03. The molecule has 1 aliphatic carbocycles. The van der Waals surface area contributed by atoms with Gasteiger partial charge in [0.05, 0.1) is 0 Å². The Morgan fingerprint density at radius 1 is 0.906 bits per heavy atom. The van der Waals surface area contributed by atoms with Crippen molar-refractivity contribution >= 4 is 28.3 Å². The normalized spacial score (nSPS) is 20.0. The number of carbonyl (C=O) groups is 2. The Bertz CT molecular complexity index is 1140. The number of hydrogen-bond donors (Lipinski definition) is 0. The number of anilines is 1. The van der Waals surface area contributed by atoms with Crippen molar-refractivity contribution in [1.82, 2.24) is 15.1 Å². The van der Waals surface area contributed by atoms with Crippen LogP contribution in [0.1, 0.15) is 32.6 Å². The van der Waals surface area contributed by atoms with Crippen molar-refractivity contribution in [2.75, 3.05) is 24.5 Å². The molecule has 0 N–H and O–H groups in total. The first kappa shape index (κ1) is 20.6. The minimum absolute atomic E-state index is 0.00257. The Balaban J connectivity index is 1.39. The second kappa shape index (κ2) is 8.69. The molecule has 1 aromatic heterocycles. The van der Waals surface area contributed by atoms with E-state index in [0.29, 0.717) is 38.8 Å². The SMILES string of the molecule is CC1CN(C(=O)C2CCC(=O)CC2)CCN1c1nnc(-c2ccccc2)c2ccccc12. The van der Waals surface area contributed by atoms with Gasteiger partial charge in [-0.05, 0) is 19.8 Å². The third kappa shape index (κ3) is 3.85. The summed E-state index contributed by atoms with van der Waals surface area (Å²) in [6.07, 6.45) is 2.48. The molecule has 164 valence electrons. The summed E-state index contributed by atoms with van der Waals surface area (Å²) in [5.41, 5.74) is 1.94. The molecule has 1 saturated heterocycles. The van der Waals surface area contributed by atoms with E-state index in [9.17, 15) is 9.59 Å². The highest BCUT2D eigenvalue weighted by molar-refractivity contribution is 6.00. The molecule has 32 heavy (non-hydrogen) atoms. The van der Waals surface area contributed by atoms with Gasteiger partial charge >= 0.3 is 0 Å². The molecule has 3 aromatic rings. The Morgan fingerprint density at radius 2 is 1.59 bits per heavy atom. The number of fused-ring (bicyclic) bond motifs is 1. The molecule has 6 heteroatoms. The number of piperazine rings is 1. The van der Waals surface area contributed by atoms with Crippen molar-refractivity contribution in [2.45, 2.75) is 38.6 Å². The first-order valence-electron chi connectivity index (χ1n) is 11.5. The third-order valence-electron chi connectivity index (χ3n) is 6.82. The van der Waals surface area contributed by atoms with Crippen LogP contribution in [-0.2, 0) is 9.59 Å². The van der Waals surface area contributed by atoms with Gasteiger partial charge in [0.25, 0.3) is 0 Å². The van der Waals surface area contributed by atoms with Gasteiger partial charge in [-0.2, -0.15) is 0 Å². The standard InChI is InChI=1S/C26H28N4O2/c1-18-17-29(26(32)20-11-13-21(31)14-12-20)15-16-30(18)25-23-10-6-5-9-22(23)24(27-28-25)19-7-3-2-4-8-19/h2-10,18,20H,11-17H2,1H3. The molecule has 6 nitrogen and oxygen atoms in total. The number of hydrogen-bond acceptors (Lipinski definition) is 5. The zero-order valence-electron chi connectivity index (χ0n) is 18.4. The maximum Gasteiger partial charge on any atom is 0.225 e. The van der Waals surface area contributed by atoms with Crippen LogP contribution in [0.4, 0.5) is 5.82 Å². The van der Waals surface area contributed by atoms with Gasteiger partial charge in [-0.15, -0.1) is 10.2 Å². The zero-order chi connectivity index (χ0) is 22.1. The Kier molecular flexibility index (Phi) is 5.60. The van der Waals surface area contributed by atoms with Gasteiger partial charge in [-0.25, -0.2) is 0 Å². The number of carbonyl (C=O) groups excluding carboxylic acids is 2. The third-order valence-corrected chi connectivity index (χ3v) is 6.82. The van der Waals surface area contributed by atoms with Crippen LogP contribution in [0, 0.1) is 5.92 Å². The van der Waals surface area contributed by atoms with Gasteiger partial charge in [0.15, 0.2) is 5.82 Å². The van der Waals surface area contributed by atoms with Crippen LogP contribution in [-0.4, -0.2) is 52.5 Å². The summed E-state index contributed by atoms with van der Waals surface area (Å²) in [7, 11) is 0. The molecule has 2 aromatic carbocycles. The second-order valence-corrected chi connectivity index (χ2v) is 8.92. The van der Waals surface area contributed by atoms with E-state index in [1.165, 1.54) is 0 Å². The smallest absolute Gasteiger partial charge is 0.225 e. The molecule has 1 saturated carbocycles. The van der Waals surface area contributed by atoms with Gasteiger partial charge < -0.3 is 9.80 Å². The van der Waals surface area contributed by atoms with Crippen molar-refractivity contribution < 1.29 is 9.59 Å². The summed E-state index contributed by atoms with van der Waals surface area (Å²) >= 11 is 0. The maximum absolute atomic E-state index is 13.0. The van der Waals surface area contributed by atoms with Crippen LogP contribution in [0.25, 0.3) is 22.0 Å². The number of aromatic nitrogens is 2. The van der Waals surface area contributed by atoms with Crippen LogP contribution in [0.5, 0.6) is 0 Å². The Morgan fingerprint density at radius 3 is 2.31 bits per heavy atom. The summed E-state index contributed by atoms with van der Waals surface area (Å²) in [4.78, 5) is 28.8. The largest absolute Gasteiger partial charge is 0.348 e. The second-order valence-electron chi connectivity index (χ2n) is 8.92. The van der Waals surface area contributed by atoms with E-state index in [1.807, 2.05) is 35.2 Å². The van der Waals surface area contributed by atoms with E-state index in [2.05, 4.69) is 46.3 Å². The van der Waals surface area contributed by atoms with E-state index < -0.39 is 0 Å². The number of ketones is 1. The van der Waals surface area contributed by atoms with E-state index in [0.717, 1.165) is 34.4 Å². The first-order chi connectivity index (χ1) is 15.6. The number of amides is 1. The van der Waals surface area contributed by atoms with Crippen molar-refractivity contribution in [1.29, 1.82) is 0 Å². The van der Waals surface area contributed by atoms with E-state index >= 15 is 0 Å². The van der Waals surface area contributed by atoms with E-state index in [1.54, 1.807) is 0 Å². The molecular formula is C26H28N4O2. The molecule has 2 fully saturated rings. The van der Waals surface area contributed by atoms with Crippen molar-refractivity contribution in [2.24, 2.45) is 5.92 Å². The quantitative estimate of drug-likeness (QED) is 0.629. The van der Waals surface area contributed by atoms with E-state index in [4.69, 9.17) is 0 Å². The predicted molar refractivity (Wildman–Crippen MR) is 125 cm³/mol. The summed E-state index contributed by atoms with van der Waals surface area (Å²) in [5, 5.41) is 11.4. The molecule has 2 heterocycles. The minimum Gasteiger partial charge on any atom is -0.348 e. The summed E-state index contributed by atoms with van der Waals surface area (Å²) < 4.78 is 0. The molecule has 0 bridgehead atoms. The molecule has 0 spiro atoms. The van der Waals surface area contributed by atoms with Gasteiger partial charge in [0.1, 0.15) is 11.5 Å². The van der Waals surface area contributed by atoms with Crippen molar-refractivity contribution in [3.63, 3.8) is 0 Å². The molecule has 1 aliphatic heterocycles. The molecule has 0 radical (unpaired) electrons. The Labute approximate surface area is 188 Å². The topological polar surface area (TPSA) is 66.4 Å². The molecule has 2 aliphatic rings. The average Bonchev–Trinajstić information content (AvgIpc) is 2.84. The van der Waals surface area contributed by atoms with Crippen LogP contribution < -0.4 is 4.90 Å². The number of benzene rings is 2. The predicted octanol–water partition coefficient (Wildman–Crippen LogP) is 4.09. The fraction of sp³-hybridized carbons (Fsp3) is 0.385. The highest BCUT2D eigenvalue weighted by Crippen LogP contribution is 2.33. The lowest BCUT2D eigenvalue weighted by Gasteiger charge is -2.42. The first-order valence-corrected chi connectivity index (χ1v) is 11.5. The van der Waals surface area contributed by atoms with Gasteiger partial charge in [0, 0.05) is 60.8 Å². The minimum atomic E-state index is -0.00257. The number of Topliss-reactive ketones (excluding diaryl/α,β-unsaturated/α-hetero) is 1. The van der Waals surface area contributed by atoms with Gasteiger partial charge in [0.2, 0.25) is 5.91 Å². The zero-order valence-corrected chi connectivity index (χ0v) is 18.4. The lowest BCUT2D eigenvalue weighted by molar-refractivity contribution is -0.138. The Hall–Kier alpha value is -3.28. The molecular weight excluding hydrogens is 400 g/mol. The summed E-state index contributed by atoms with van der Waals surface area (Å²) in [5.74, 6) is 1.37.